The molecule has 8 nitrogen and oxygen atoms in total. The average Bonchev–Trinajstić information content (AvgIpc) is 3.73. The lowest BCUT2D eigenvalue weighted by Gasteiger charge is -2.37. The summed E-state index contributed by atoms with van der Waals surface area (Å²) in [7, 11) is 3.39. The second kappa shape index (κ2) is 11.7. The lowest BCUT2D eigenvalue weighted by atomic mass is 9.99. The Morgan fingerprint density at radius 3 is 2.78 bits per heavy atom. The second-order valence-corrected chi connectivity index (χ2v) is 10.1. The van der Waals surface area contributed by atoms with Crippen LogP contribution in [0.15, 0.2) is 36.5 Å². The van der Waals surface area contributed by atoms with Gasteiger partial charge in [0.15, 0.2) is 0 Å². The maximum Gasteiger partial charge on any atom is 0.259 e. The van der Waals surface area contributed by atoms with E-state index in [4.69, 9.17) is 9.47 Å². The molecule has 0 bridgehead atoms. The molecule has 0 saturated heterocycles. The molecule has 0 unspecified atom stereocenters. The summed E-state index contributed by atoms with van der Waals surface area (Å²) in [4.78, 5) is 34.1. The largest absolute Gasteiger partial charge is 0.495 e. The summed E-state index contributed by atoms with van der Waals surface area (Å²) >= 11 is 0. The molecule has 0 radical (unpaired) electrons. The van der Waals surface area contributed by atoms with Crippen molar-refractivity contribution in [2.75, 3.05) is 33.9 Å². The second-order valence-electron chi connectivity index (χ2n) is 10.1. The van der Waals surface area contributed by atoms with Gasteiger partial charge in [0.25, 0.3) is 5.91 Å². The highest BCUT2D eigenvalue weighted by molar-refractivity contribution is 5.97. The SMILES string of the molecule is COc1ccccc1C#Cc1cnc2c(c1)C(=O)N([C@H](C)CO)C[C@H](C)[C@@H](CN(C)C(=O)CC1CC1)O2. The zero-order valence-corrected chi connectivity index (χ0v) is 21.9. The van der Waals surface area contributed by atoms with Gasteiger partial charge < -0.3 is 24.4 Å². The van der Waals surface area contributed by atoms with Crippen LogP contribution in [0.25, 0.3) is 0 Å². The summed E-state index contributed by atoms with van der Waals surface area (Å²) in [5.74, 6) is 7.27. The predicted octanol–water partition coefficient (Wildman–Crippen LogP) is 2.97. The fraction of sp³-hybridized carbons (Fsp3) is 0.483. The van der Waals surface area contributed by atoms with Crippen LogP contribution in [0.3, 0.4) is 0 Å². The van der Waals surface area contributed by atoms with E-state index >= 15 is 0 Å². The van der Waals surface area contributed by atoms with E-state index in [0.29, 0.717) is 36.7 Å². The Kier molecular flexibility index (Phi) is 8.34. The number of carbonyl (C=O) groups is 2. The van der Waals surface area contributed by atoms with Crippen molar-refractivity contribution in [2.24, 2.45) is 11.8 Å². The van der Waals surface area contributed by atoms with Gasteiger partial charge in [0.1, 0.15) is 17.4 Å². The number of aliphatic hydroxyl groups excluding tert-OH is 1. The number of pyridine rings is 1. The van der Waals surface area contributed by atoms with Crippen molar-refractivity contribution in [2.45, 2.75) is 45.3 Å². The number of rotatable bonds is 7. The van der Waals surface area contributed by atoms with Gasteiger partial charge in [-0.15, -0.1) is 0 Å². The van der Waals surface area contributed by atoms with Gasteiger partial charge in [0.05, 0.1) is 31.9 Å². The number of benzene rings is 1. The number of methoxy groups -OCH3 is 1. The van der Waals surface area contributed by atoms with Crippen LogP contribution in [-0.2, 0) is 4.79 Å². The fourth-order valence-corrected chi connectivity index (χ4v) is 4.37. The van der Waals surface area contributed by atoms with E-state index in [1.807, 2.05) is 38.1 Å². The number of ether oxygens (including phenoxy) is 2. The van der Waals surface area contributed by atoms with E-state index in [1.54, 1.807) is 36.2 Å². The van der Waals surface area contributed by atoms with Crippen molar-refractivity contribution in [3.05, 3.63) is 53.2 Å². The van der Waals surface area contributed by atoms with Crippen LogP contribution < -0.4 is 9.47 Å². The highest BCUT2D eigenvalue weighted by Gasteiger charge is 2.35. The van der Waals surface area contributed by atoms with Crippen molar-refractivity contribution < 1.29 is 24.2 Å². The van der Waals surface area contributed by atoms with Gasteiger partial charge in [0.2, 0.25) is 11.8 Å². The first-order valence-corrected chi connectivity index (χ1v) is 12.8. The maximum atomic E-state index is 13.6. The van der Waals surface area contributed by atoms with Crippen LogP contribution in [0.2, 0.25) is 0 Å². The van der Waals surface area contributed by atoms with Crippen LogP contribution in [0.4, 0.5) is 0 Å². The first kappa shape index (κ1) is 26.5. The van der Waals surface area contributed by atoms with Crippen molar-refractivity contribution in [3.63, 3.8) is 0 Å². The summed E-state index contributed by atoms with van der Waals surface area (Å²) in [6.07, 6.45) is 4.01. The van der Waals surface area contributed by atoms with Gasteiger partial charge in [-0.25, -0.2) is 4.98 Å². The standard InChI is InChI=1S/C29H35N3O5/c1-19-16-32(20(2)18-33)29(35)24-13-22(11-12-23-7-5-6-8-25(23)36-4)15-30-28(24)37-26(19)17-31(3)27(34)14-21-9-10-21/h5-8,13,15,19-21,26,33H,9-10,14,16-18H2,1-4H3/t19-,20+,26+/m0/s1. The molecule has 1 aromatic heterocycles. The van der Waals surface area contributed by atoms with E-state index in [9.17, 15) is 14.7 Å². The molecule has 1 aliphatic heterocycles. The first-order valence-electron chi connectivity index (χ1n) is 12.8. The third-order valence-corrected chi connectivity index (χ3v) is 7.01. The molecule has 0 spiro atoms. The number of para-hydroxylation sites is 1. The monoisotopic (exact) mass is 505 g/mol. The Bertz CT molecular complexity index is 1200. The molecule has 8 heteroatoms. The third-order valence-electron chi connectivity index (χ3n) is 7.01. The normalized spacial score (nSPS) is 19.9. The third kappa shape index (κ3) is 6.41. The van der Waals surface area contributed by atoms with Crippen LogP contribution in [-0.4, -0.2) is 77.7 Å². The summed E-state index contributed by atoms with van der Waals surface area (Å²) in [5.41, 5.74) is 1.57. The molecular formula is C29H35N3O5. The number of hydrogen-bond donors (Lipinski definition) is 1. The van der Waals surface area contributed by atoms with Crippen LogP contribution in [0.5, 0.6) is 11.6 Å². The smallest absolute Gasteiger partial charge is 0.259 e. The Labute approximate surface area is 218 Å². The molecule has 1 fully saturated rings. The van der Waals surface area contributed by atoms with Gasteiger partial charge in [0, 0.05) is 37.7 Å². The van der Waals surface area contributed by atoms with E-state index in [2.05, 4.69) is 16.8 Å². The van der Waals surface area contributed by atoms with Crippen molar-refractivity contribution in [3.8, 4) is 23.5 Å². The van der Waals surface area contributed by atoms with Gasteiger partial charge in [-0.05, 0) is 43.9 Å². The highest BCUT2D eigenvalue weighted by Crippen LogP contribution is 2.33. The minimum Gasteiger partial charge on any atom is -0.495 e. The quantitative estimate of drug-likeness (QED) is 0.582. The van der Waals surface area contributed by atoms with Gasteiger partial charge in [-0.3, -0.25) is 9.59 Å². The summed E-state index contributed by atoms with van der Waals surface area (Å²) < 4.78 is 11.7. The van der Waals surface area contributed by atoms with Crippen molar-refractivity contribution in [1.29, 1.82) is 0 Å². The molecule has 1 aromatic carbocycles. The Balaban J connectivity index is 1.64. The molecule has 196 valence electrons. The molecule has 1 aliphatic carbocycles. The van der Waals surface area contributed by atoms with Gasteiger partial charge in [-0.1, -0.05) is 30.9 Å². The van der Waals surface area contributed by atoms with Crippen LogP contribution in [0, 0.1) is 23.7 Å². The zero-order chi connectivity index (χ0) is 26.5. The average molecular weight is 506 g/mol. The lowest BCUT2D eigenvalue weighted by molar-refractivity contribution is -0.131. The molecule has 3 atom stereocenters. The molecule has 1 saturated carbocycles. The van der Waals surface area contributed by atoms with Gasteiger partial charge >= 0.3 is 0 Å². The Morgan fingerprint density at radius 1 is 1.32 bits per heavy atom. The molecule has 37 heavy (non-hydrogen) atoms. The Morgan fingerprint density at radius 2 is 2.08 bits per heavy atom. The Hall–Kier alpha value is -3.57. The number of carbonyl (C=O) groups excluding carboxylic acids is 2. The molecule has 1 N–H and O–H groups in total. The number of hydrogen-bond acceptors (Lipinski definition) is 6. The van der Waals surface area contributed by atoms with E-state index in [-0.39, 0.29) is 47.9 Å². The number of likely N-dealkylation sites (N-methyl/N-ethyl adjacent to an activating group) is 1. The molecule has 2 aromatic rings. The van der Waals surface area contributed by atoms with Crippen LogP contribution >= 0.6 is 0 Å². The van der Waals surface area contributed by atoms with E-state index in [1.165, 1.54) is 0 Å². The summed E-state index contributed by atoms with van der Waals surface area (Å²) in [5, 5.41) is 9.86. The number of aliphatic hydroxyl groups is 1. The molecule has 2 heterocycles. The topological polar surface area (TPSA) is 92.2 Å². The summed E-state index contributed by atoms with van der Waals surface area (Å²) in [6.45, 7) is 4.41. The zero-order valence-electron chi connectivity index (χ0n) is 21.9. The fourth-order valence-electron chi connectivity index (χ4n) is 4.37. The minimum atomic E-state index is -0.390. The molecule has 2 amide bonds. The van der Waals surface area contributed by atoms with Crippen LogP contribution in [0.1, 0.15) is 54.6 Å². The maximum absolute atomic E-state index is 13.6. The van der Waals surface area contributed by atoms with Crippen molar-refractivity contribution >= 4 is 11.8 Å². The number of fused-ring (bicyclic) bond motifs is 1. The number of nitrogens with zero attached hydrogens (tertiary/aromatic N) is 3. The van der Waals surface area contributed by atoms with Crippen molar-refractivity contribution in [1.82, 2.24) is 14.8 Å². The molecule has 4 rings (SSSR count). The molecular weight excluding hydrogens is 470 g/mol. The minimum absolute atomic E-state index is 0.0888. The van der Waals surface area contributed by atoms with E-state index < -0.39 is 0 Å². The molecule has 2 aliphatic rings. The van der Waals surface area contributed by atoms with E-state index in [0.717, 1.165) is 18.4 Å². The summed E-state index contributed by atoms with van der Waals surface area (Å²) in [6, 6.07) is 8.74. The first-order chi connectivity index (χ1) is 17.8. The predicted molar refractivity (Wildman–Crippen MR) is 139 cm³/mol. The number of amides is 2. The van der Waals surface area contributed by atoms with Gasteiger partial charge in [-0.2, -0.15) is 0 Å². The number of aromatic nitrogens is 1. The highest BCUT2D eigenvalue weighted by atomic mass is 16.5. The lowest BCUT2D eigenvalue weighted by Crippen LogP contribution is -2.50.